The van der Waals surface area contributed by atoms with Crippen LogP contribution in [0.2, 0.25) is 5.02 Å². The maximum atomic E-state index is 12.7. The highest BCUT2D eigenvalue weighted by atomic mass is 35.5. The van der Waals surface area contributed by atoms with E-state index in [2.05, 4.69) is 11.9 Å². The summed E-state index contributed by atoms with van der Waals surface area (Å²) < 4.78 is 5.87. The molecular formula is C20H15ClN2O3S. The number of para-hydroxylation sites is 1. The summed E-state index contributed by atoms with van der Waals surface area (Å²) in [6.07, 6.45) is 3.03. The fourth-order valence-corrected chi connectivity index (χ4v) is 2.84. The van der Waals surface area contributed by atoms with E-state index in [1.807, 2.05) is 0 Å². The number of halogens is 1. The minimum Gasteiger partial charge on any atom is -0.457 e. The van der Waals surface area contributed by atoms with Crippen LogP contribution in [0.4, 0.5) is 0 Å². The first-order valence-corrected chi connectivity index (χ1v) is 8.80. The van der Waals surface area contributed by atoms with Crippen LogP contribution >= 0.6 is 23.8 Å². The van der Waals surface area contributed by atoms with Gasteiger partial charge in [-0.1, -0.05) is 35.9 Å². The number of hydrogen-bond acceptors (Lipinski definition) is 4. The molecule has 0 aliphatic carbocycles. The van der Waals surface area contributed by atoms with E-state index in [-0.39, 0.29) is 17.2 Å². The molecule has 1 aliphatic rings. The molecule has 0 atom stereocenters. The van der Waals surface area contributed by atoms with Gasteiger partial charge in [-0.15, -0.1) is 6.58 Å². The molecule has 0 unspecified atom stereocenters. The van der Waals surface area contributed by atoms with Gasteiger partial charge in [-0.2, -0.15) is 0 Å². The van der Waals surface area contributed by atoms with E-state index in [0.29, 0.717) is 22.1 Å². The molecule has 0 spiro atoms. The van der Waals surface area contributed by atoms with E-state index in [1.54, 1.807) is 48.5 Å². The third-order valence-electron chi connectivity index (χ3n) is 3.76. The highest BCUT2D eigenvalue weighted by molar-refractivity contribution is 7.80. The summed E-state index contributed by atoms with van der Waals surface area (Å²) in [5.41, 5.74) is 0.551. The average molecular weight is 399 g/mol. The Bertz CT molecular complexity index is 954. The molecule has 0 radical (unpaired) electrons. The summed E-state index contributed by atoms with van der Waals surface area (Å²) >= 11 is 10.9. The number of nitrogens with zero attached hydrogens (tertiary/aromatic N) is 1. The van der Waals surface area contributed by atoms with E-state index >= 15 is 0 Å². The highest BCUT2D eigenvalue weighted by Crippen LogP contribution is 2.28. The lowest BCUT2D eigenvalue weighted by atomic mass is 10.1. The van der Waals surface area contributed by atoms with Crippen molar-refractivity contribution >= 4 is 46.8 Å². The highest BCUT2D eigenvalue weighted by Gasteiger charge is 2.32. The number of ether oxygens (including phenoxy) is 1. The standard InChI is InChI=1S/C20H15ClN2O3S/c1-2-11-23-19(25)16(18(24)22-20(23)27)12-13-5-3-4-6-17(13)26-15-9-7-14(21)8-10-15/h2-10,12H,1,11H2,(H,22,24,27)/b16-12+. The van der Waals surface area contributed by atoms with Crippen molar-refractivity contribution in [1.29, 1.82) is 0 Å². The molecule has 2 amide bonds. The van der Waals surface area contributed by atoms with Gasteiger partial charge in [-0.25, -0.2) is 0 Å². The van der Waals surface area contributed by atoms with Crippen molar-refractivity contribution < 1.29 is 14.3 Å². The maximum Gasteiger partial charge on any atom is 0.265 e. The molecule has 27 heavy (non-hydrogen) atoms. The van der Waals surface area contributed by atoms with Crippen molar-refractivity contribution in [2.45, 2.75) is 0 Å². The van der Waals surface area contributed by atoms with Crippen LogP contribution in [0.25, 0.3) is 6.08 Å². The van der Waals surface area contributed by atoms with Gasteiger partial charge in [0, 0.05) is 17.1 Å². The van der Waals surface area contributed by atoms with Crippen LogP contribution in [0.5, 0.6) is 11.5 Å². The van der Waals surface area contributed by atoms with Crippen LogP contribution < -0.4 is 10.1 Å². The molecule has 0 bridgehead atoms. The van der Waals surface area contributed by atoms with Gasteiger partial charge in [0.2, 0.25) is 0 Å². The molecule has 1 heterocycles. The van der Waals surface area contributed by atoms with Crippen LogP contribution in [0.1, 0.15) is 5.56 Å². The fraction of sp³-hybridized carbons (Fsp3) is 0.0500. The van der Waals surface area contributed by atoms with Crippen molar-refractivity contribution in [3.8, 4) is 11.5 Å². The van der Waals surface area contributed by atoms with Crippen molar-refractivity contribution in [2.24, 2.45) is 0 Å². The summed E-state index contributed by atoms with van der Waals surface area (Å²) in [6.45, 7) is 3.81. The molecule has 1 fully saturated rings. The Balaban J connectivity index is 1.95. The molecular weight excluding hydrogens is 384 g/mol. The van der Waals surface area contributed by atoms with Gasteiger partial charge < -0.3 is 4.74 Å². The Morgan fingerprint density at radius 2 is 1.85 bits per heavy atom. The Morgan fingerprint density at radius 3 is 2.56 bits per heavy atom. The molecule has 1 N–H and O–H groups in total. The Labute approximate surface area is 166 Å². The second-order valence-corrected chi connectivity index (χ2v) is 6.44. The zero-order valence-corrected chi connectivity index (χ0v) is 15.7. The topological polar surface area (TPSA) is 58.6 Å². The van der Waals surface area contributed by atoms with Gasteiger partial charge in [0.05, 0.1) is 0 Å². The van der Waals surface area contributed by atoms with Crippen LogP contribution in [-0.2, 0) is 9.59 Å². The molecule has 0 saturated carbocycles. The zero-order chi connectivity index (χ0) is 19.4. The number of benzene rings is 2. The number of rotatable bonds is 5. The molecule has 5 nitrogen and oxygen atoms in total. The van der Waals surface area contributed by atoms with Gasteiger partial charge >= 0.3 is 0 Å². The van der Waals surface area contributed by atoms with Crippen molar-refractivity contribution in [3.05, 3.63) is 77.3 Å². The predicted octanol–water partition coefficient (Wildman–Crippen LogP) is 3.95. The van der Waals surface area contributed by atoms with Gasteiger partial charge in [0.1, 0.15) is 17.1 Å². The Hall–Kier alpha value is -2.96. The van der Waals surface area contributed by atoms with E-state index in [1.165, 1.54) is 17.1 Å². The van der Waals surface area contributed by atoms with Crippen molar-refractivity contribution in [3.63, 3.8) is 0 Å². The minimum atomic E-state index is -0.549. The lowest BCUT2D eigenvalue weighted by Crippen LogP contribution is -2.53. The summed E-state index contributed by atoms with van der Waals surface area (Å²) in [7, 11) is 0. The summed E-state index contributed by atoms with van der Waals surface area (Å²) in [4.78, 5) is 26.2. The SMILES string of the molecule is C=CCN1C(=O)/C(=C/c2ccccc2Oc2ccc(Cl)cc2)C(=O)NC1=S. The largest absolute Gasteiger partial charge is 0.457 e. The first kappa shape index (κ1) is 18.8. The Morgan fingerprint density at radius 1 is 1.15 bits per heavy atom. The molecule has 7 heteroatoms. The third-order valence-corrected chi connectivity index (χ3v) is 4.33. The molecule has 3 rings (SSSR count). The maximum absolute atomic E-state index is 12.7. The third kappa shape index (κ3) is 4.24. The Kier molecular flexibility index (Phi) is 5.69. The van der Waals surface area contributed by atoms with Crippen molar-refractivity contribution in [2.75, 3.05) is 6.54 Å². The van der Waals surface area contributed by atoms with Gasteiger partial charge in [0.15, 0.2) is 5.11 Å². The van der Waals surface area contributed by atoms with Crippen molar-refractivity contribution in [1.82, 2.24) is 10.2 Å². The quantitative estimate of drug-likeness (QED) is 0.358. The molecule has 1 aliphatic heterocycles. The summed E-state index contributed by atoms with van der Waals surface area (Å²) in [5.74, 6) is 0.0482. The monoisotopic (exact) mass is 398 g/mol. The van der Waals surface area contributed by atoms with Crippen LogP contribution in [0.3, 0.4) is 0 Å². The first-order chi connectivity index (χ1) is 13.0. The van der Waals surface area contributed by atoms with Crippen LogP contribution in [-0.4, -0.2) is 28.4 Å². The molecule has 2 aromatic carbocycles. The van der Waals surface area contributed by atoms with Crippen LogP contribution in [0.15, 0.2) is 66.8 Å². The smallest absolute Gasteiger partial charge is 0.265 e. The van der Waals surface area contributed by atoms with E-state index in [9.17, 15) is 9.59 Å². The number of hydrogen-bond donors (Lipinski definition) is 1. The number of carbonyl (C=O) groups is 2. The molecule has 0 aromatic heterocycles. The lowest BCUT2D eigenvalue weighted by molar-refractivity contribution is -0.128. The second kappa shape index (κ2) is 8.16. The number of thiocarbonyl (C=S) groups is 1. The lowest BCUT2D eigenvalue weighted by Gasteiger charge is -2.27. The van der Waals surface area contributed by atoms with Gasteiger partial charge in [-0.05, 0) is 48.6 Å². The van der Waals surface area contributed by atoms with Crippen LogP contribution in [0, 0.1) is 0 Å². The summed E-state index contributed by atoms with van der Waals surface area (Å²) in [5, 5.41) is 3.18. The molecule has 136 valence electrons. The van der Waals surface area contributed by atoms with E-state index in [0.717, 1.165) is 0 Å². The fourth-order valence-electron chi connectivity index (χ4n) is 2.47. The normalized spacial score (nSPS) is 15.7. The molecule has 1 saturated heterocycles. The van der Waals surface area contributed by atoms with Gasteiger partial charge in [0.25, 0.3) is 11.8 Å². The predicted molar refractivity (Wildman–Crippen MR) is 109 cm³/mol. The zero-order valence-electron chi connectivity index (χ0n) is 14.1. The van der Waals surface area contributed by atoms with E-state index in [4.69, 9.17) is 28.6 Å². The number of amides is 2. The minimum absolute atomic E-state index is 0.0300. The van der Waals surface area contributed by atoms with Gasteiger partial charge in [-0.3, -0.25) is 19.8 Å². The number of nitrogens with one attached hydrogen (secondary N) is 1. The summed E-state index contributed by atoms with van der Waals surface area (Å²) in [6, 6.07) is 14.0. The van der Waals surface area contributed by atoms with E-state index < -0.39 is 11.8 Å². The molecule has 2 aromatic rings. The number of carbonyl (C=O) groups excluding carboxylic acids is 2. The first-order valence-electron chi connectivity index (χ1n) is 8.02. The average Bonchev–Trinajstić information content (AvgIpc) is 2.65. The second-order valence-electron chi connectivity index (χ2n) is 5.62.